The number of carbonyl (C=O) groups is 1. The van der Waals surface area contributed by atoms with Crippen molar-refractivity contribution in [2.75, 3.05) is 25.1 Å². The van der Waals surface area contributed by atoms with Crippen LogP contribution >= 0.6 is 0 Å². The molecule has 24 heavy (non-hydrogen) atoms. The molecule has 1 aliphatic rings. The van der Waals surface area contributed by atoms with Gasteiger partial charge < -0.3 is 4.90 Å². The molecule has 1 saturated heterocycles. The molecule has 0 N–H and O–H groups in total. The fourth-order valence-corrected chi connectivity index (χ4v) is 4.34. The van der Waals surface area contributed by atoms with Crippen LogP contribution in [0.2, 0.25) is 0 Å². The van der Waals surface area contributed by atoms with Crippen molar-refractivity contribution >= 4 is 21.4 Å². The Labute approximate surface area is 140 Å². The van der Waals surface area contributed by atoms with E-state index in [1.165, 1.54) is 15.6 Å². The van der Waals surface area contributed by atoms with Crippen molar-refractivity contribution in [2.45, 2.75) is 19.8 Å². The first kappa shape index (κ1) is 16.9. The molecule has 0 saturated carbocycles. The lowest BCUT2D eigenvalue weighted by atomic mass is 10.00. The third-order valence-corrected chi connectivity index (χ3v) is 5.35. The molecule has 1 amide bonds. The molecular formula is C16H20FN3O3S. The zero-order valence-corrected chi connectivity index (χ0v) is 14.5. The van der Waals surface area contributed by atoms with Crippen LogP contribution in [0.4, 0.5) is 4.39 Å². The van der Waals surface area contributed by atoms with E-state index in [-0.39, 0.29) is 17.4 Å². The summed E-state index contributed by atoms with van der Waals surface area (Å²) in [5, 5.41) is 0. The average Bonchev–Trinajstić information content (AvgIpc) is 2.81. The zero-order chi connectivity index (χ0) is 17.5. The minimum Gasteiger partial charge on any atom is -0.337 e. The quantitative estimate of drug-likeness (QED) is 0.842. The van der Waals surface area contributed by atoms with Crippen LogP contribution in [-0.2, 0) is 9.84 Å². The second kappa shape index (κ2) is 6.16. The third kappa shape index (κ3) is 3.43. The first-order valence-corrected chi connectivity index (χ1v) is 9.92. The maximum atomic E-state index is 14.5. The molecule has 130 valence electrons. The summed E-state index contributed by atoms with van der Waals surface area (Å²) in [7, 11) is -3.10. The summed E-state index contributed by atoms with van der Waals surface area (Å²) in [6, 6.07) is 3.46. The van der Waals surface area contributed by atoms with E-state index in [2.05, 4.69) is 4.98 Å². The Kier molecular flexibility index (Phi) is 4.33. The average molecular weight is 353 g/mol. The number of fused-ring (bicyclic) bond motifs is 1. The highest BCUT2D eigenvalue weighted by Gasteiger charge is 2.30. The predicted octanol–water partition coefficient (Wildman–Crippen LogP) is 1.68. The molecule has 0 spiro atoms. The fraction of sp³-hybridized carbons (Fsp3) is 0.500. The molecule has 1 fully saturated rings. The number of hydrogen-bond donors (Lipinski definition) is 0. The minimum atomic E-state index is -3.10. The van der Waals surface area contributed by atoms with Crippen molar-refractivity contribution < 1.29 is 17.6 Å². The van der Waals surface area contributed by atoms with Crippen molar-refractivity contribution in [1.29, 1.82) is 0 Å². The van der Waals surface area contributed by atoms with Crippen molar-refractivity contribution in [2.24, 2.45) is 5.92 Å². The SMILES string of the molecule is Cc1ccn2c(F)c(C(=O)N3CCCC(CS(C)(=O)=O)C3)nc2c1. The van der Waals surface area contributed by atoms with E-state index in [9.17, 15) is 17.6 Å². The maximum absolute atomic E-state index is 14.5. The van der Waals surface area contributed by atoms with Gasteiger partial charge in [0.15, 0.2) is 5.69 Å². The number of halogens is 1. The van der Waals surface area contributed by atoms with E-state index < -0.39 is 21.7 Å². The normalized spacial score (nSPS) is 19.0. The number of rotatable bonds is 3. The van der Waals surface area contributed by atoms with Gasteiger partial charge in [-0.05, 0) is 43.4 Å². The zero-order valence-electron chi connectivity index (χ0n) is 13.7. The van der Waals surface area contributed by atoms with Crippen LogP contribution in [0.1, 0.15) is 28.9 Å². The number of nitrogens with zero attached hydrogens (tertiary/aromatic N) is 3. The second-order valence-electron chi connectivity index (χ2n) is 6.54. The first-order chi connectivity index (χ1) is 11.2. The number of amides is 1. The van der Waals surface area contributed by atoms with E-state index in [1.807, 2.05) is 6.92 Å². The smallest absolute Gasteiger partial charge is 0.277 e. The number of sulfone groups is 1. The molecule has 1 atom stereocenters. The molecule has 0 bridgehead atoms. The minimum absolute atomic E-state index is 0.0453. The molecule has 0 aliphatic carbocycles. The topological polar surface area (TPSA) is 71.8 Å². The molecule has 6 nitrogen and oxygen atoms in total. The van der Waals surface area contributed by atoms with Crippen LogP contribution in [0.25, 0.3) is 5.65 Å². The van der Waals surface area contributed by atoms with Gasteiger partial charge >= 0.3 is 0 Å². The lowest BCUT2D eigenvalue weighted by Gasteiger charge is -2.31. The third-order valence-electron chi connectivity index (χ3n) is 4.27. The van der Waals surface area contributed by atoms with Crippen molar-refractivity contribution in [3.05, 3.63) is 35.5 Å². The van der Waals surface area contributed by atoms with Gasteiger partial charge in [0, 0.05) is 25.5 Å². The molecule has 3 heterocycles. The van der Waals surface area contributed by atoms with E-state index in [0.717, 1.165) is 12.0 Å². The van der Waals surface area contributed by atoms with Crippen LogP contribution in [-0.4, -0.2) is 53.7 Å². The summed E-state index contributed by atoms with van der Waals surface area (Å²) in [5.74, 6) is -1.23. The Morgan fingerprint density at radius 1 is 1.46 bits per heavy atom. The highest BCUT2D eigenvalue weighted by Crippen LogP contribution is 2.21. The highest BCUT2D eigenvalue weighted by molar-refractivity contribution is 7.90. The fourth-order valence-electron chi connectivity index (χ4n) is 3.22. The van der Waals surface area contributed by atoms with Gasteiger partial charge in [-0.1, -0.05) is 0 Å². The number of pyridine rings is 1. The highest BCUT2D eigenvalue weighted by atomic mass is 32.2. The molecule has 2 aromatic rings. The molecule has 0 radical (unpaired) electrons. The lowest BCUT2D eigenvalue weighted by molar-refractivity contribution is 0.0673. The first-order valence-electron chi connectivity index (χ1n) is 7.86. The molecule has 3 rings (SSSR count). The van der Waals surface area contributed by atoms with E-state index in [4.69, 9.17) is 0 Å². The van der Waals surface area contributed by atoms with Gasteiger partial charge in [0.25, 0.3) is 5.91 Å². The lowest BCUT2D eigenvalue weighted by Crippen LogP contribution is -2.42. The van der Waals surface area contributed by atoms with Crippen molar-refractivity contribution in [3.8, 4) is 0 Å². The molecular weight excluding hydrogens is 333 g/mol. The van der Waals surface area contributed by atoms with Crippen LogP contribution in [0.3, 0.4) is 0 Å². The molecule has 1 aliphatic heterocycles. The predicted molar refractivity (Wildman–Crippen MR) is 88.2 cm³/mol. The number of hydrogen-bond acceptors (Lipinski definition) is 4. The molecule has 1 unspecified atom stereocenters. The van der Waals surface area contributed by atoms with E-state index in [0.29, 0.717) is 25.2 Å². The number of aryl methyl sites for hydroxylation is 1. The van der Waals surface area contributed by atoms with Gasteiger partial charge in [0.05, 0.1) is 5.75 Å². The number of imidazole rings is 1. The van der Waals surface area contributed by atoms with Gasteiger partial charge in [0.1, 0.15) is 15.5 Å². The van der Waals surface area contributed by atoms with Gasteiger partial charge in [-0.25, -0.2) is 13.4 Å². The Hall–Kier alpha value is -1.96. The Bertz CT molecular complexity index is 891. The van der Waals surface area contributed by atoms with Crippen molar-refractivity contribution in [3.63, 3.8) is 0 Å². The number of likely N-dealkylation sites (tertiary alicyclic amines) is 1. The number of piperidine rings is 1. The molecule has 8 heteroatoms. The Morgan fingerprint density at radius 3 is 2.92 bits per heavy atom. The summed E-state index contributed by atoms with van der Waals surface area (Å²) < 4.78 is 38.7. The van der Waals surface area contributed by atoms with Crippen LogP contribution in [0, 0.1) is 18.8 Å². The van der Waals surface area contributed by atoms with Crippen LogP contribution in [0.15, 0.2) is 18.3 Å². The number of aromatic nitrogens is 2. The summed E-state index contributed by atoms with van der Waals surface area (Å²) in [4.78, 5) is 18.3. The van der Waals surface area contributed by atoms with Gasteiger partial charge in [0.2, 0.25) is 5.95 Å². The van der Waals surface area contributed by atoms with Gasteiger partial charge in [-0.3, -0.25) is 9.20 Å². The molecule has 0 aromatic carbocycles. The summed E-state index contributed by atoms with van der Waals surface area (Å²) in [6.07, 6.45) is 4.20. The monoisotopic (exact) mass is 353 g/mol. The maximum Gasteiger partial charge on any atom is 0.277 e. The summed E-state index contributed by atoms with van der Waals surface area (Å²) in [6.45, 7) is 2.68. The van der Waals surface area contributed by atoms with E-state index >= 15 is 0 Å². The van der Waals surface area contributed by atoms with E-state index in [1.54, 1.807) is 18.3 Å². The summed E-state index contributed by atoms with van der Waals surface area (Å²) in [5.41, 5.74) is 1.11. The standard InChI is InChI=1S/C16H20FN3O3S/c1-11-5-7-20-13(8-11)18-14(15(20)17)16(21)19-6-3-4-12(9-19)10-24(2,22)23/h5,7-8,12H,3-4,6,9-10H2,1-2H3. The summed E-state index contributed by atoms with van der Waals surface area (Å²) >= 11 is 0. The second-order valence-corrected chi connectivity index (χ2v) is 8.72. The Balaban J connectivity index is 1.85. The van der Waals surface area contributed by atoms with Crippen molar-refractivity contribution in [1.82, 2.24) is 14.3 Å². The Morgan fingerprint density at radius 2 is 2.21 bits per heavy atom. The largest absolute Gasteiger partial charge is 0.337 e. The number of carbonyl (C=O) groups excluding carboxylic acids is 1. The molecule has 2 aromatic heterocycles. The van der Waals surface area contributed by atoms with Gasteiger partial charge in [-0.2, -0.15) is 4.39 Å². The van der Waals surface area contributed by atoms with Gasteiger partial charge in [-0.15, -0.1) is 0 Å². The van der Waals surface area contributed by atoms with Crippen LogP contribution in [0.5, 0.6) is 0 Å². The van der Waals surface area contributed by atoms with Crippen LogP contribution < -0.4 is 0 Å².